The number of hydrogen-bond acceptors (Lipinski definition) is 7. The van der Waals surface area contributed by atoms with Crippen molar-refractivity contribution in [2.75, 3.05) is 18.1 Å². The lowest BCUT2D eigenvalue weighted by Crippen LogP contribution is -2.12. The lowest BCUT2D eigenvalue weighted by atomic mass is 10.1. The average Bonchev–Trinajstić information content (AvgIpc) is 2.97. The monoisotopic (exact) mass is 421 g/mol. The van der Waals surface area contributed by atoms with Crippen molar-refractivity contribution in [1.82, 2.24) is 20.0 Å². The molecule has 0 atom stereocenters. The molecule has 29 heavy (non-hydrogen) atoms. The van der Waals surface area contributed by atoms with E-state index >= 15 is 0 Å². The molecule has 2 heterocycles. The maximum atomic E-state index is 14.4. The van der Waals surface area contributed by atoms with Crippen LogP contribution in [-0.4, -0.2) is 41.8 Å². The first-order chi connectivity index (χ1) is 13.7. The lowest BCUT2D eigenvalue weighted by Gasteiger charge is -2.11. The zero-order chi connectivity index (χ0) is 21.2. The lowest BCUT2D eigenvalue weighted by molar-refractivity contribution is 0.299. The Balaban J connectivity index is 1.91. The number of aromatic nitrogens is 4. The summed E-state index contributed by atoms with van der Waals surface area (Å²) in [5.41, 5.74) is 2.02. The van der Waals surface area contributed by atoms with Gasteiger partial charge in [-0.3, -0.25) is 9.40 Å². The van der Waals surface area contributed by atoms with Crippen LogP contribution in [0.25, 0.3) is 11.3 Å². The van der Waals surface area contributed by atoms with Crippen LogP contribution < -0.4 is 14.2 Å². The molecule has 3 aromatic rings. The molecule has 2 aromatic heterocycles. The zero-order valence-electron chi connectivity index (χ0n) is 16.3. The highest BCUT2D eigenvalue weighted by molar-refractivity contribution is 7.92. The van der Waals surface area contributed by atoms with Gasteiger partial charge in [-0.15, -0.1) is 10.2 Å². The fourth-order valence-corrected chi connectivity index (χ4v) is 3.22. The molecule has 0 bridgehead atoms. The van der Waals surface area contributed by atoms with Crippen LogP contribution in [0.5, 0.6) is 11.6 Å². The van der Waals surface area contributed by atoms with E-state index in [0.29, 0.717) is 5.75 Å². The van der Waals surface area contributed by atoms with Gasteiger partial charge >= 0.3 is 0 Å². The van der Waals surface area contributed by atoms with Gasteiger partial charge in [0.1, 0.15) is 29.6 Å². The van der Waals surface area contributed by atoms with E-state index in [4.69, 9.17) is 9.47 Å². The molecule has 0 saturated heterocycles. The number of ether oxygens (including phenoxy) is 2. The van der Waals surface area contributed by atoms with Crippen LogP contribution in [0.3, 0.4) is 0 Å². The molecular formula is C18H20FN5O4S. The van der Waals surface area contributed by atoms with Gasteiger partial charge in [0, 0.05) is 18.8 Å². The molecule has 0 aliphatic rings. The number of rotatable bonds is 7. The van der Waals surface area contributed by atoms with Crippen molar-refractivity contribution in [3.8, 4) is 22.9 Å². The molecule has 3 rings (SSSR count). The smallest absolute Gasteiger partial charge is 0.257 e. The minimum absolute atomic E-state index is 0.0300. The molecule has 1 N–H and O–H groups in total. The van der Waals surface area contributed by atoms with Crippen molar-refractivity contribution < 1.29 is 22.3 Å². The van der Waals surface area contributed by atoms with E-state index in [9.17, 15) is 12.8 Å². The number of sulfonamides is 1. The Hall–Kier alpha value is -3.21. The summed E-state index contributed by atoms with van der Waals surface area (Å²) >= 11 is 0. The first-order valence-corrected chi connectivity index (χ1v) is 10.4. The summed E-state index contributed by atoms with van der Waals surface area (Å²) in [7, 11) is -0.452. The fraction of sp³-hybridized carbons (Fsp3) is 0.278. The van der Waals surface area contributed by atoms with Crippen molar-refractivity contribution in [3.63, 3.8) is 0 Å². The molecule has 0 radical (unpaired) electrons. The number of nitrogens with zero attached hydrogens (tertiary/aromatic N) is 4. The standard InChI is InChI=1S/C18H20FN5O4S/c1-11-9-24(2)22-17(11)10-28-12-5-6-14(19)13(7-12)15-8-16(23-29(4,25)26)18(27-3)21-20-15/h5-9H,10H2,1-4H3,(H,20,23). The van der Waals surface area contributed by atoms with Crippen LogP contribution in [0.1, 0.15) is 11.3 Å². The number of halogens is 1. The Morgan fingerprint density at radius 3 is 2.62 bits per heavy atom. The highest BCUT2D eigenvalue weighted by atomic mass is 32.2. The molecule has 0 unspecified atom stereocenters. The van der Waals surface area contributed by atoms with Gasteiger partial charge in [0.05, 0.1) is 19.1 Å². The van der Waals surface area contributed by atoms with Gasteiger partial charge in [0.15, 0.2) is 0 Å². The van der Waals surface area contributed by atoms with Crippen molar-refractivity contribution in [3.05, 3.63) is 47.5 Å². The minimum atomic E-state index is -3.59. The summed E-state index contributed by atoms with van der Waals surface area (Å²) in [5, 5.41) is 12.0. The SMILES string of the molecule is COc1nnc(-c2cc(OCc3nn(C)cc3C)ccc2F)cc1NS(C)(=O)=O. The Kier molecular flexibility index (Phi) is 5.69. The van der Waals surface area contributed by atoms with E-state index in [2.05, 4.69) is 20.0 Å². The van der Waals surface area contributed by atoms with E-state index in [-0.39, 0.29) is 29.4 Å². The number of anilines is 1. The first kappa shape index (κ1) is 20.5. The van der Waals surface area contributed by atoms with Gasteiger partial charge < -0.3 is 9.47 Å². The highest BCUT2D eigenvalue weighted by Gasteiger charge is 2.16. The molecule has 0 amide bonds. The van der Waals surface area contributed by atoms with Crippen LogP contribution in [0.15, 0.2) is 30.5 Å². The minimum Gasteiger partial charge on any atom is -0.487 e. The molecule has 0 spiro atoms. The van der Waals surface area contributed by atoms with Gasteiger partial charge in [-0.1, -0.05) is 0 Å². The summed E-state index contributed by atoms with van der Waals surface area (Å²) in [6.45, 7) is 2.14. The molecule has 0 aliphatic carbocycles. The second-order valence-corrected chi connectivity index (χ2v) is 8.14. The number of methoxy groups -OCH3 is 1. The van der Waals surface area contributed by atoms with Gasteiger partial charge in [-0.2, -0.15) is 5.10 Å². The van der Waals surface area contributed by atoms with E-state index in [1.54, 1.807) is 4.68 Å². The second kappa shape index (κ2) is 8.03. The Morgan fingerprint density at radius 1 is 1.24 bits per heavy atom. The predicted molar refractivity (Wildman–Crippen MR) is 105 cm³/mol. The van der Waals surface area contributed by atoms with Crippen LogP contribution in [-0.2, 0) is 23.7 Å². The largest absolute Gasteiger partial charge is 0.487 e. The van der Waals surface area contributed by atoms with Crippen LogP contribution in [0, 0.1) is 12.7 Å². The molecule has 0 fully saturated rings. The van der Waals surface area contributed by atoms with Gasteiger partial charge in [-0.25, -0.2) is 12.8 Å². The first-order valence-electron chi connectivity index (χ1n) is 8.47. The Bertz CT molecular complexity index is 1150. The number of hydrogen-bond donors (Lipinski definition) is 1. The predicted octanol–water partition coefficient (Wildman–Crippen LogP) is 2.28. The zero-order valence-corrected chi connectivity index (χ0v) is 17.1. The third kappa shape index (κ3) is 4.99. The van der Waals surface area contributed by atoms with E-state index in [1.807, 2.05) is 20.2 Å². The number of aryl methyl sites for hydroxylation is 2. The van der Waals surface area contributed by atoms with Crippen molar-refractivity contribution in [1.29, 1.82) is 0 Å². The molecule has 9 nitrogen and oxygen atoms in total. The Labute approximate surface area is 167 Å². The second-order valence-electron chi connectivity index (χ2n) is 6.39. The molecule has 0 saturated carbocycles. The number of nitrogens with one attached hydrogen (secondary N) is 1. The Morgan fingerprint density at radius 2 is 2.00 bits per heavy atom. The van der Waals surface area contributed by atoms with Gasteiger partial charge in [0.2, 0.25) is 10.0 Å². The molecule has 1 aromatic carbocycles. The third-order valence-corrected chi connectivity index (χ3v) is 4.54. The summed E-state index contributed by atoms with van der Waals surface area (Å²) in [6, 6.07) is 5.54. The van der Waals surface area contributed by atoms with Gasteiger partial charge in [-0.05, 0) is 36.8 Å². The summed E-state index contributed by atoms with van der Waals surface area (Å²) in [6.07, 6.45) is 2.86. The van der Waals surface area contributed by atoms with Crippen LogP contribution >= 0.6 is 0 Å². The summed E-state index contributed by atoms with van der Waals surface area (Å²) < 4.78 is 52.3. The summed E-state index contributed by atoms with van der Waals surface area (Å²) in [4.78, 5) is 0. The van der Waals surface area contributed by atoms with Crippen molar-refractivity contribution >= 4 is 15.7 Å². The molecule has 11 heteroatoms. The molecular weight excluding hydrogens is 401 g/mol. The quantitative estimate of drug-likeness (QED) is 0.623. The molecule has 0 aliphatic heterocycles. The van der Waals surface area contributed by atoms with Crippen molar-refractivity contribution in [2.45, 2.75) is 13.5 Å². The van der Waals surface area contributed by atoms with Crippen LogP contribution in [0.4, 0.5) is 10.1 Å². The average molecular weight is 421 g/mol. The van der Waals surface area contributed by atoms with E-state index in [1.165, 1.54) is 31.4 Å². The van der Waals surface area contributed by atoms with E-state index in [0.717, 1.165) is 17.5 Å². The summed E-state index contributed by atoms with van der Waals surface area (Å²) in [5.74, 6) is -0.185. The fourth-order valence-electron chi connectivity index (χ4n) is 2.67. The van der Waals surface area contributed by atoms with E-state index < -0.39 is 15.8 Å². The normalized spacial score (nSPS) is 11.3. The van der Waals surface area contributed by atoms with Gasteiger partial charge in [0.25, 0.3) is 5.88 Å². The molecule has 154 valence electrons. The highest BCUT2D eigenvalue weighted by Crippen LogP contribution is 2.30. The maximum Gasteiger partial charge on any atom is 0.257 e. The number of benzene rings is 1. The van der Waals surface area contributed by atoms with Crippen LogP contribution in [0.2, 0.25) is 0 Å². The third-order valence-electron chi connectivity index (χ3n) is 3.95. The van der Waals surface area contributed by atoms with Crippen molar-refractivity contribution in [2.24, 2.45) is 7.05 Å². The topological polar surface area (TPSA) is 108 Å². The maximum absolute atomic E-state index is 14.4.